The first-order valence-electron chi connectivity index (χ1n) is 9.25. The summed E-state index contributed by atoms with van der Waals surface area (Å²) in [5.74, 6) is -0.277. The fourth-order valence-electron chi connectivity index (χ4n) is 3.19. The number of nitrogens with zero attached hydrogens (tertiary/aromatic N) is 3. The molecule has 2 aromatic rings. The molecule has 0 bridgehead atoms. The molecule has 1 aliphatic rings. The quantitative estimate of drug-likeness (QED) is 0.391. The van der Waals surface area contributed by atoms with Crippen molar-refractivity contribution >= 4 is 38.2 Å². The molecule has 12 heteroatoms. The standard InChI is InChI=1S/C18H18F3N3O5S/c1-2-3-14(25)29-11-4-6-23(7-5-11)17-22-16(26)12-8-10(18(19,20)21)9-13(24(27)28)15(12)30-17/h8-9,11H,2-7H2,1H3. The van der Waals surface area contributed by atoms with Gasteiger partial charge in [-0.25, -0.2) is 0 Å². The van der Waals surface area contributed by atoms with Crippen molar-refractivity contribution < 1.29 is 27.6 Å². The van der Waals surface area contributed by atoms with Crippen LogP contribution in [-0.4, -0.2) is 35.1 Å². The van der Waals surface area contributed by atoms with Crippen LogP contribution in [0.2, 0.25) is 0 Å². The average Bonchev–Trinajstić information content (AvgIpc) is 2.67. The van der Waals surface area contributed by atoms with Crippen LogP contribution in [0.5, 0.6) is 0 Å². The Labute approximate surface area is 172 Å². The number of alkyl halides is 3. The third-order valence-corrected chi connectivity index (χ3v) is 5.84. The maximum atomic E-state index is 13.1. The highest BCUT2D eigenvalue weighted by Gasteiger charge is 2.34. The molecule has 3 rings (SSSR count). The molecule has 1 saturated heterocycles. The number of esters is 1. The van der Waals surface area contributed by atoms with E-state index in [1.165, 1.54) is 0 Å². The van der Waals surface area contributed by atoms with E-state index in [0.717, 1.165) is 11.3 Å². The summed E-state index contributed by atoms with van der Waals surface area (Å²) in [4.78, 5) is 40.0. The van der Waals surface area contributed by atoms with E-state index in [-0.39, 0.29) is 21.9 Å². The first kappa shape index (κ1) is 21.9. The number of non-ortho nitro benzene ring substituents is 1. The number of nitro benzene ring substituents is 1. The Hall–Kier alpha value is -2.76. The predicted molar refractivity (Wildman–Crippen MR) is 104 cm³/mol. The molecule has 0 spiro atoms. The number of aromatic nitrogens is 1. The second-order valence-electron chi connectivity index (χ2n) is 6.85. The Kier molecular flexibility index (Phi) is 6.25. The summed E-state index contributed by atoms with van der Waals surface area (Å²) in [5, 5.41) is 11.1. The molecule has 1 aromatic carbocycles. The predicted octanol–water partition coefficient (Wildman–Crippen LogP) is 3.90. The summed E-state index contributed by atoms with van der Waals surface area (Å²) in [6.07, 6.45) is -3.09. The van der Waals surface area contributed by atoms with Gasteiger partial charge in [-0.2, -0.15) is 18.2 Å². The van der Waals surface area contributed by atoms with Gasteiger partial charge in [-0.1, -0.05) is 18.3 Å². The lowest BCUT2D eigenvalue weighted by molar-refractivity contribution is -0.383. The summed E-state index contributed by atoms with van der Waals surface area (Å²) in [5.41, 5.74) is -3.01. The minimum Gasteiger partial charge on any atom is -0.462 e. The molecule has 0 saturated carbocycles. The van der Waals surface area contributed by atoms with Crippen LogP contribution in [0.4, 0.5) is 24.0 Å². The minimum absolute atomic E-state index is 0.153. The van der Waals surface area contributed by atoms with Crippen LogP contribution >= 0.6 is 11.3 Å². The van der Waals surface area contributed by atoms with Crippen LogP contribution in [0.3, 0.4) is 0 Å². The van der Waals surface area contributed by atoms with Crippen molar-refractivity contribution in [3.05, 3.63) is 38.2 Å². The number of carbonyl (C=O) groups excluding carboxylic acids is 1. The van der Waals surface area contributed by atoms with Gasteiger partial charge in [-0.15, -0.1) is 0 Å². The number of ether oxygens (including phenoxy) is 1. The molecular formula is C18H18F3N3O5S. The fourth-order valence-corrected chi connectivity index (χ4v) is 4.31. The Morgan fingerprint density at radius 3 is 2.60 bits per heavy atom. The second kappa shape index (κ2) is 8.54. The number of hydrogen-bond donors (Lipinski definition) is 0. The highest BCUT2D eigenvalue weighted by molar-refractivity contribution is 7.22. The van der Waals surface area contributed by atoms with Gasteiger partial charge in [-0.3, -0.25) is 19.7 Å². The molecule has 8 nitrogen and oxygen atoms in total. The maximum Gasteiger partial charge on any atom is 0.416 e. The molecule has 0 radical (unpaired) electrons. The van der Waals surface area contributed by atoms with Crippen LogP contribution in [0.25, 0.3) is 10.1 Å². The van der Waals surface area contributed by atoms with E-state index in [2.05, 4.69) is 4.98 Å². The van der Waals surface area contributed by atoms with Crippen LogP contribution in [-0.2, 0) is 15.7 Å². The van der Waals surface area contributed by atoms with E-state index >= 15 is 0 Å². The van der Waals surface area contributed by atoms with Crippen molar-refractivity contribution in [1.82, 2.24) is 4.98 Å². The normalized spacial score (nSPS) is 15.4. The summed E-state index contributed by atoms with van der Waals surface area (Å²) in [6, 6.07) is 1.03. The van der Waals surface area contributed by atoms with Crippen LogP contribution in [0, 0.1) is 10.1 Å². The third kappa shape index (κ3) is 4.69. The molecular weight excluding hydrogens is 427 g/mol. The smallest absolute Gasteiger partial charge is 0.416 e. The number of carbonyl (C=O) groups is 1. The van der Waals surface area contributed by atoms with E-state index in [1.54, 1.807) is 4.90 Å². The second-order valence-corrected chi connectivity index (χ2v) is 7.83. The van der Waals surface area contributed by atoms with Crippen molar-refractivity contribution in [2.45, 2.75) is 44.9 Å². The SMILES string of the molecule is CCCC(=O)OC1CCN(c2nc(=O)c3cc(C(F)(F)F)cc([N+](=O)[O-])c3s2)CC1. The van der Waals surface area contributed by atoms with Gasteiger partial charge in [0.15, 0.2) is 5.13 Å². The zero-order valence-electron chi connectivity index (χ0n) is 15.9. The third-order valence-electron chi connectivity index (χ3n) is 4.68. The van der Waals surface area contributed by atoms with Gasteiger partial charge in [0.25, 0.3) is 11.2 Å². The van der Waals surface area contributed by atoms with Gasteiger partial charge in [0.05, 0.1) is 15.9 Å². The fraction of sp³-hybridized carbons (Fsp3) is 0.500. The molecule has 1 aromatic heterocycles. The Morgan fingerprint density at radius 2 is 2.03 bits per heavy atom. The highest BCUT2D eigenvalue weighted by Crippen LogP contribution is 2.38. The Morgan fingerprint density at radius 1 is 1.37 bits per heavy atom. The number of hydrogen-bond acceptors (Lipinski definition) is 8. The zero-order chi connectivity index (χ0) is 22.1. The molecule has 30 heavy (non-hydrogen) atoms. The van der Waals surface area contributed by atoms with Gasteiger partial charge in [-0.05, 0) is 12.5 Å². The molecule has 0 aliphatic carbocycles. The summed E-state index contributed by atoms with van der Waals surface area (Å²) >= 11 is 0.803. The monoisotopic (exact) mass is 445 g/mol. The van der Waals surface area contributed by atoms with E-state index in [4.69, 9.17) is 4.74 Å². The van der Waals surface area contributed by atoms with Crippen molar-refractivity contribution in [1.29, 1.82) is 0 Å². The first-order chi connectivity index (χ1) is 14.1. The van der Waals surface area contributed by atoms with E-state index < -0.39 is 33.3 Å². The molecule has 0 N–H and O–H groups in total. The largest absolute Gasteiger partial charge is 0.462 e. The first-order valence-corrected chi connectivity index (χ1v) is 10.1. The average molecular weight is 445 g/mol. The lowest BCUT2D eigenvalue weighted by Crippen LogP contribution is -2.38. The minimum atomic E-state index is -4.83. The Balaban J connectivity index is 1.90. The van der Waals surface area contributed by atoms with Crippen LogP contribution in [0.15, 0.2) is 16.9 Å². The molecule has 162 valence electrons. The number of nitro groups is 1. The number of benzene rings is 1. The summed E-state index contributed by atoms with van der Waals surface area (Å²) in [7, 11) is 0. The lowest BCUT2D eigenvalue weighted by atomic mass is 10.1. The van der Waals surface area contributed by atoms with Crippen molar-refractivity contribution in [2.75, 3.05) is 18.0 Å². The number of piperidine rings is 1. The number of rotatable bonds is 5. The number of anilines is 1. The molecule has 1 fully saturated rings. The molecule has 2 heterocycles. The van der Waals surface area contributed by atoms with E-state index in [9.17, 15) is 32.9 Å². The highest BCUT2D eigenvalue weighted by atomic mass is 32.1. The molecule has 0 amide bonds. The molecule has 1 aliphatic heterocycles. The van der Waals surface area contributed by atoms with E-state index in [0.29, 0.717) is 50.9 Å². The van der Waals surface area contributed by atoms with Gasteiger partial charge in [0.2, 0.25) is 0 Å². The lowest BCUT2D eigenvalue weighted by Gasteiger charge is -2.31. The molecule has 0 atom stereocenters. The van der Waals surface area contributed by atoms with Crippen LogP contribution in [0.1, 0.15) is 38.2 Å². The van der Waals surface area contributed by atoms with Crippen molar-refractivity contribution in [3.8, 4) is 0 Å². The zero-order valence-corrected chi connectivity index (χ0v) is 16.7. The summed E-state index contributed by atoms with van der Waals surface area (Å²) < 4.78 is 44.4. The van der Waals surface area contributed by atoms with Gasteiger partial charge in [0, 0.05) is 38.4 Å². The topological polar surface area (TPSA) is 103 Å². The molecule has 0 unspecified atom stereocenters. The maximum absolute atomic E-state index is 13.1. The number of fused-ring (bicyclic) bond motifs is 1. The van der Waals surface area contributed by atoms with Gasteiger partial charge >= 0.3 is 12.1 Å². The van der Waals surface area contributed by atoms with Gasteiger partial charge < -0.3 is 9.64 Å². The van der Waals surface area contributed by atoms with Crippen LogP contribution < -0.4 is 10.5 Å². The van der Waals surface area contributed by atoms with Crippen molar-refractivity contribution in [3.63, 3.8) is 0 Å². The van der Waals surface area contributed by atoms with Crippen molar-refractivity contribution in [2.24, 2.45) is 0 Å². The summed E-state index contributed by atoms with van der Waals surface area (Å²) in [6.45, 7) is 2.66. The Bertz CT molecular complexity index is 1030. The van der Waals surface area contributed by atoms with Gasteiger partial charge in [0.1, 0.15) is 10.8 Å². The number of halogens is 3. The van der Waals surface area contributed by atoms with E-state index in [1.807, 2.05) is 6.92 Å².